The molecule has 0 saturated heterocycles. The first-order valence-corrected chi connectivity index (χ1v) is 5.42. The van der Waals surface area contributed by atoms with Crippen LogP contribution in [0.3, 0.4) is 0 Å². The van der Waals surface area contributed by atoms with Gasteiger partial charge in [-0.05, 0) is 18.2 Å². The number of hydrogen-bond donors (Lipinski definition) is 0. The van der Waals surface area contributed by atoms with Gasteiger partial charge in [0.05, 0.1) is 17.2 Å². The molecule has 0 radical (unpaired) electrons. The normalized spacial score (nSPS) is 10.4. The lowest BCUT2D eigenvalue weighted by Gasteiger charge is -2.00. The van der Waals surface area contributed by atoms with Crippen LogP contribution in [0.25, 0.3) is 22.2 Å². The minimum atomic E-state index is 0.396. The first kappa shape index (κ1) is 10.4. The van der Waals surface area contributed by atoms with Crippen molar-refractivity contribution in [2.45, 2.75) is 0 Å². The lowest BCUT2D eigenvalue weighted by Crippen LogP contribution is -1.88. The Morgan fingerprint density at radius 2 is 2.06 bits per heavy atom. The number of aryl methyl sites for hydroxylation is 1. The molecule has 0 N–H and O–H groups in total. The van der Waals surface area contributed by atoms with E-state index >= 15 is 0 Å². The van der Waals surface area contributed by atoms with Crippen LogP contribution in [0.2, 0.25) is 0 Å². The molecule has 0 atom stereocenters. The summed E-state index contributed by atoms with van der Waals surface area (Å²) in [6.07, 6.45) is 5.47. The zero-order chi connectivity index (χ0) is 12.5. The molecule has 0 aliphatic rings. The van der Waals surface area contributed by atoms with Crippen molar-refractivity contribution in [2.75, 3.05) is 0 Å². The molecule has 3 aromatic heterocycles. The number of rotatable bonds is 1. The van der Waals surface area contributed by atoms with Crippen LogP contribution in [0.4, 0.5) is 0 Å². The number of nitrogens with zero attached hydrogens (tertiary/aromatic N) is 5. The van der Waals surface area contributed by atoms with Crippen LogP contribution in [-0.2, 0) is 7.05 Å². The highest BCUT2D eigenvalue weighted by Gasteiger charge is 2.04. The molecule has 3 aromatic rings. The predicted molar refractivity (Wildman–Crippen MR) is 66.5 cm³/mol. The van der Waals surface area contributed by atoms with Gasteiger partial charge < -0.3 is 0 Å². The van der Waals surface area contributed by atoms with Gasteiger partial charge in [-0.1, -0.05) is 0 Å². The number of pyridine rings is 2. The third-order valence-corrected chi connectivity index (χ3v) is 2.69. The van der Waals surface area contributed by atoms with Crippen molar-refractivity contribution in [3.8, 4) is 17.2 Å². The SMILES string of the molecule is Cn1cc(-c2cnc3ccc(C#N)nc3c2)cn1. The summed E-state index contributed by atoms with van der Waals surface area (Å²) in [7, 11) is 1.87. The van der Waals surface area contributed by atoms with Crippen molar-refractivity contribution in [2.24, 2.45) is 7.05 Å². The Morgan fingerprint density at radius 3 is 2.78 bits per heavy atom. The van der Waals surface area contributed by atoms with Crippen molar-refractivity contribution in [3.05, 3.63) is 42.5 Å². The maximum Gasteiger partial charge on any atom is 0.141 e. The van der Waals surface area contributed by atoms with E-state index in [1.54, 1.807) is 29.2 Å². The zero-order valence-electron chi connectivity index (χ0n) is 9.70. The van der Waals surface area contributed by atoms with Gasteiger partial charge in [-0.2, -0.15) is 10.4 Å². The Bertz CT molecular complexity index is 766. The maximum atomic E-state index is 8.84. The number of aromatic nitrogens is 4. The van der Waals surface area contributed by atoms with Crippen molar-refractivity contribution in [1.29, 1.82) is 5.26 Å². The fourth-order valence-electron chi connectivity index (χ4n) is 1.80. The van der Waals surface area contributed by atoms with Crippen LogP contribution >= 0.6 is 0 Å². The number of hydrogen-bond acceptors (Lipinski definition) is 4. The highest BCUT2D eigenvalue weighted by Crippen LogP contribution is 2.21. The quantitative estimate of drug-likeness (QED) is 0.646. The lowest BCUT2D eigenvalue weighted by molar-refractivity contribution is 0.768. The Hall–Kier alpha value is -2.74. The summed E-state index contributed by atoms with van der Waals surface area (Å²) in [6.45, 7) is 0. The van der Waals surface area contributed by atoms with Gasteiger partial charge in [-0.25, -0.2) is 4.98 Å². The molecule has 86 valence electrons. The van der Waals surface area contributed by atoms with Crippen LogP contribution in [-0.4, -0.2) is 19.7 Å². The molecule has 3 heterocycles. The molecule has 0 unspecified atom stereocenters. The molecule has 0 spiro atoms. The van der Waals surface area contributed by atoms with Gasteiger partial charge in [-0.3, -0.25) is 9.67 Å². The van der Waals surface area contributed by atoms with E-state index in [1.165, 1.54) is 0 Å². The van der Waals surface area contributed by atoms with Gasteiger partial charge in [0.15, 0.2) is 0 Å². The molecule has 5 heteroatoms. The highest BCUT2D eigenvalue weighted by atomic mass is 15.2. The topological polar surface area (TPSA) is 67.4 Å². The molecular formula is C13H9N5. The van der Waals surface area contributed by atoms with Crippen LogP contribution < -0.4 is 0 Å². The van der Waals surface area contributed by atoms with Gasteiger partial charge in [0.25, 0.3) is 0 Å². The van der Waals surface area contributed by atoms with Crippen LogP contribution in [0.15, 0.2) is 36.8 Å². The first-order valence-electron chi connectivity index (χ1n) is 5.42. The average Bonchev–Trinajstić information content (AvgIpc) is 2.84. The zero-order valence-corrected chi connectivity index (χ0v) is 9.70. The largest absolute Gasteiger partial charge is 0.275 e. The van der Waals surface area contributed by atoms with E-state index in [1.807, 2.05) is 25.4 Å². The Morgan fingerprint density at radius 1 is 1.17 bits per heavy atom. The second kappa shape index (κ2) is 3.93. The third-order valence-electron chi connectivity index (χ3n) is 2.69. The molecule has 0 aromatic carbocycles. The van der Waals surface area contributed by atoms with Crippen molar-refractivity contribution >= 4 is 11.0 Å². The van der Waals surface area contributed by atoms with E-state index in [4.69, 9.17) is 5.26 Å². The fraction of sp³-hybridized carbons (Fsp3) is 0.0769. The van der Waals surface area contributed by atoms with E-state index in [2.05, 4.69) is 15.1 Å². The smallest absolute Gasteiger partial charge is 0.141 e. The molecule has 0 saturated carbocycles. The molecule has 0 fully saturated rings. The van der Waals surface area contributed by atoms with Gasteiger partial charge in [0, 0.05) is 30.6 Å². The minimum absolute atomic E-state index is 0.396. The van der Waals surface area contributed by atoms with Crippen molar-refractivity contribution in [3.63, 3.8) is 0 Å². The maximum absolute atomic E-state index is 8.84. The summed E-state index contributed by atoms with van der Waals surface area (Å²) in [4.78, 5) is 8.57. The van der Waals surface area contributed by atoms with E-state index in [9.17, 15) is 0 Å². The Balaban J connectivity index is 2.18. The second-order valence-corrected chi connectivity index (χ2v) is 3.97. The second-order valence-electron chi connectivity index (χ2n) is 3.97. The predicted octanol–water partition coefficient (Wildman–Crippen LogP) is 1.90. The van der Waals surface area contributed by atoms with E-state index in [0.29, 0.717) is 5.69 Å². The molecule has 0 bridgehead atoms. The third kappa shape index (κ3) is 1.70. The molecular weight excluding hydrogens is 226 g/mol. The molecule has 0 aliphatic heterocycles. The Kier molecular flexibility index (Phi) is 2.27. The van der Waals surface area contributed by atoms with E-state index < -0.39 is 0 Å². The van der Waals surface area contributed by atoms with Crippen molar-refractivity contribution in [1.82, 2.24) is 19.7 Å². The van der Waals surface area contributed by atoms with E-state index in [0.717, 1.165) is 22.2 Å². The van der Waals surface area contributed by atoms with Gasteiger partial charge in [-0.15, -0.1) is 0 Å². The summed E-state index contributed by atoms with van der Waals surface area (Å²) in [5.74, 6) is 0. The fourth-order valence-corrected chi connectivity index (χ4v) is 1.80. The molecule has 5 nitrogen and oxygen atoms in total. The first-order chi connectivity index (χ1) is 8.76. The lowest BCUT2D eigenvalue weighted by atomic mass is 10.1. The monoisotopic (exact) mass is 235 g/mol. The summed E-state index contributed by atoms with van der Waals surface area (Å²) in [6, 6.07) is 7.41. The standard InChI is InChI=1S/C13H9N5/c1-18-8-10(7-16-18)9-4-13-12(15-6-9)3-2-11(5-14)17-13/h2-4,6-8H,1H3. The van der Waals surface area contributed by atoms with Crippen LogP contribution in [0.5, 0.6) is 0 Å². The summed E-state index contributed by atoms with van der Waals surface area (Å²) < 4.78 is 1.73. The number of fused-ring (bicyclic) bond motifs is 1. The average molecular weight is 235 g/mol. The van der Waals surface area contributed by atoms with Gasteiger partial charge in [0.1, 0.15) is 11.8 Å². The van der Waals surface area contributed by atoms with Crippen LogP contribution in [0.1, 0.15) is 5.69 Å². The number of nitriles is 1. The van der Waals surface area contributed by atoms with Gasteiger partial charge in [0.2, 0.25) is 0 Å². The molecule has 0 amide bonds. The molecule has 0 aliphatic carbocycles. The van der Waals surface area contributed by atoms with E-state index in [-0.39, 0.29) is 0 Å². The summed E-state index contributed by atoms with van der Waals surface area (Å²) in [5, 5.41) is 13.0. The van der Waals surface area contributed by atoms with Gasteiger partial charge >= 0.3 is 0 Å². The minimum Gasteiger partial charge on any atom is -0.275 e. The summed E-state index contributed by atoms with van der Waals surface area (Å²) in [5.41, 5.74) is 3.82. The molecule has 3 rings (SSSR count). The summed E-state index contributed by atoms with van der Waals surface area (Å²) >= 11 is 0. The highest BCUT2D eigenvalue weighted by molar-refractivity contribution is 5.80. The Labute approximate surface area is 103 Å². The van der Waals surface area contributed by atoms with Crippen LogP contribution in [0, 0.1) is 11.3 Å². The molecule has 18 heavy (non-hydrogen) atoms. The van der Waals surface area contributed by atoms with Crippen molar-refractivity contribution < 1.29 is 0 Å².